The van der Waals surface area contributed by atoms with E-state index in [2.05, 4.69) is 0 Å². The number of allylic oxidation sites excluding steroid dienone is 1. The van der Waals surface area contributed by atoms with Crippen molar-refractivity contribution in [3.05, 3.63) is 12.2 Å². The molecular weight excluding hydrogens is 176 g/mol. The standard InChI is InChI=1S/C9H15ClO2/c10-4-1-2-5-11-7-9-3-6-12-8-9/h1-2,9H,3-8H2. The molecule has 0 aromatic rings. The van der Waals surface area contributed by atoms with E-state index < -0.39 is 0 Å². The first-order valence-electron chi connectivity index (χ1n) is 4.30. The average molecular weight is 191 g/mol. The molecule has 0 aromatic carbocycles. The summed E-state index contributed by atoms with van der Waals surface area (Å²) in [7, 11) is 0. The van der Waals surface area contributed by atoms with Crippen molar-refractivity contribution < 1.29 is 9.47 Å². The molecule has 1 unspecified atom stereocenters. The Bertz CT molecular complexity index is 130. The van der Waals surface area contributed by atoms with Crippen LogP contribution in [0.2, 0.25) is 0 Å². The molecule has 12 heavy (non-hydrogen) atoms. The lowest BCUT2D eigenvalue weighted by Crippen LogP contribution is -2.09. The first-order chi connectivity index (χ1) is 5.93. The number of hydrogen-bond donors (Lipinski definition) is 0. The van der Waals surface area contributed by atoms with E-state index in [1.807, 2.05) is 12.2 Å². The van der Waals surface area contributed by atoms with Gasteiger partial charge >= 0.3 is 0 Å². The third kappa shape index (κ3) is 4.10. The summed E-state index contributed by atoms with van der Waals surface area (Å²) in [5.74, 6) is 1.17. The normalized spacial score (nSPS) is 23.9. The Hall–Kier alpha value is -0.0500. The smallest absolute Gasteiger partial charge is 0.0648 e. The van der Waals surface area contributed by atoms with Crippen molar-refractivity contribution in [1.82, 2.24) is 0 Å². The Morgan fingerprint density at radius 3 is 3.08 bits per heavy atom. The maximum Gasteiger partial charge on any atom is 0.0648 e. The minimum Gasteiger partial charge on any atom is -0.381 e. The van der Waals surface area contributed by atoms with Gasteiger partial charge in [-0.05, 0) is 6.42 Å². The van der Waals surface area contributed by atoms with E-state index in [9.17, 15) is 0 Å². The highest BCUT2D eigenvalue weighted by Gasteiger charge is 2.14. The van der Waals surface area contributed by atoms with Crippen LogP contribution in [0.3, 0.4) is 0 Å². The lowest BCUT2D eigenvalue weighted by atomic mass is 10.1. The van der Waals surface area contributed by atoms with Crippen LogP contribution in [0, 0.1) is 5.92 Å². The molecule has 0 N–H and O–H groups in total. The molecule has 1 heterocycles. The molecular formula is C9H15ClO2. The summed E-state index contributed by atoms with van der Waals surface area (Å²) in [5, 5.41) is 0. The van der Waals surface area contributed by atoms with Gasteiger partial charge in [0.2, 0.25) is 0 Å². The first kappa shape index (κ1) is 10.0. The minimum absolute atomic E-state index is 0.565. The molecule has 2 nitrogen and oxygen atoms in total. The molecule has 0 saturated carbocycles. The average Bonchev–Trinajstić information content (AvgIpc) is 2.57. The van der Waals surface area contributed by atoms with Gasteiger partial charge in [-0.25, -0.2) is 0 Å². The number of halogens is 1. The lowest BCUT2D eigenvalue weighted by molar-refractivity contribution is 0.108. The molecule has 0 spiro atoms. The Balaban J connectivity index is 1.91. The molecule has 70 valence electrons. The fraction of sp³-hybridized carbons (Fsp3) is 0.778. The molecule has 1 aliphatic heterocycles. The summed E-state index contributed by atoms with van der Waals surface area (Å²) in [6, 6.07) is 0. The van der Waals surface area contributed by atoms with E-state index in [4.69, 9.17) is 21.1 Å². The van der Waals surface area contributed by atoms with Crippen molar-refractivity contribution in [3.8, 4) is 0 Å². The Labute approximate surface area is 78.5 Å². The van der Waals surface area contributed by atoms with Crippen molar-refractivity contribution in [2.75, 3.05) is 32.3 Å². The maximum absolute atomic E-state index is 5.45. The second-order valence-electron chi connectivity index (χ2n) is 2.89. The van der Waals surface area contributed by atoms with Crippen LogP contribution in [-0.2, 0) is 9.47 Å². The minimum atomic E-state index is 0.565. The Kier molecular flexibility index (Phi) is 5.41. The summed E-state index contributed by atoms with van der Waals surface area (Å²) in [6.45, 7) is 3.24. The molecule has 0 radical (unpaired) electrons. The Morgan fingerprint density at radius 2 is 2.42 bits per heavy atom. The summed E-state index contributed by atoms with van der Waals surface area (Å²) in [4.78, 5) is 0. The summed E-state index contributed by atoms with van der Waals surface area (Å²) in [5.41, 5.74) is 0. The largest absolute Gasteiger partial charge is 0.381 e. The van der Waals surface area contributed by atoms with E-state index in [0.29, 0.717) is 18.4 Å². The monoisotopic (exact) mass is 190 g/mol. The molecule has 1 fully saturated rings. The molecule has 3 heteroatoms. The van der Waals surface area contributed by atoms with Crippen molar-refractivity contribution in [2.24, 2.45) is 5.92 Å². The topological polar surface area (TPSA) is 18.5 Å². The van der Waals surface area contributed by atoms with E-state index in [0.717, 1.165) is 26.2 Å². The van der Waals surface area contributed by atoms with E-state index in [-0.39, 0.29) is 0 Å². The number of alkyl halides is 1. The predicted octanol–water partition coefficient (Wildman–Crippen LogP) is 1.83. The van der Waals surface area contributed by atoms with Gasteiger partial charge in [0, 0.05) is 18.4 Å². The van der Waals surface area contributed by atoms with Crippen molar-refractivity contribution in [3.63, 3.8) is 0 Å². The van der Waals surface area contributed by atoms with Gasteiger partial charge in [-0.3, -0.25) is 0 Å². The fourth-order valence-electron chi connectivity index (χ4n) is 1.15. The molecule has 0 aliphatic carbocycles. The van der Waals surface area contributed by atoms with Crippen LogP contribution < -0.4 is 0 Å². The van der Waals surface area contributed by atoms with Gasteiger partial charge < -0.3 is 9.47 Å². The Morgan fingerprint density at radius 1 is 1.50 bits per heavy atom. The van der Waals surface area contributed by atoms with Crippen LogP contribution in [0.15, 0.2) is 12.2 Å². The van der Waals surface area contributed by atoms with Crippen LogP contribution in [-0.4, -0.2) is 32.3 Å². The second kappa shape index (κ2) is 6.46. The zero-order valence-corrected chi connectivity index (χ0v) is 7.93. The summed E-state index contributed by atoms with van der Waals surface area (Å²) < 4.78 is 10.6. The number of rotatable bonds is 5. The van der Waals surface area contributed by atoms with Crippen LogP contribution in [0.4, 0.5) is 0 Å². The zero-order valence-electron chi connectivity index (χ0n) is 7.17. The highest BCUT2D eigenvalue weighted by atomic mass is 35.5. The first-order valence-corrected chi connectivity index (χ1v) is 4.83. The molecule has 1 rings (SSSR count). The van der Waals surface area contributed by atoms with Crippen LogP contribution >= 0.6 is 11.6 Å². The number of hydrogen-bond acceptors (Lipinski definition) is 2. The van der Waals surface area contributed by atoms with Gasteiger partial charge in [0.1, 0.15) is 0 Å². The lowest BCUT2D eigenvalue weighted by Gasteiger charge is -2.05. The highest BCUT2D eigenvalue weighted by Crippen LogP contribution is 2.11. The van der Waals surface area contributed by atoms with E-state index in [1.54, 1.807) is 0 Å². The van der Waals surface area contributed by atoms with Crippen molar-refractivity contribution in [1.29, 1.82) is 0 Å². The molecule has 0 bridgehead atoms. The second-order valence-corrected chi connectivity index (χ2v) is 3.20. The summed E-state index contributed by atoms with van der Waals surface area (Å²) in [6.07, 6.45) is 4.98. The van der Waals surface area contributed by atoms with Crippen LogP contribution in [0.25, 0.3) is 0 Å². The summed E-state index contributed by atoms with van der Waals surface area (Å²) >= 11 is 5.45. The van der Waals surface area contributed by atoms with Crippen LogP contribution in [0.1, 0.15) is 6.42 Å². The molecule has 0 amide bonds. The van der Waals surface area contributed by atoms with Gasteiger partial charge in [-0.1, -0.05) is 12.2 Å². The van der Waals surface area contributed by atoms with Gasteiger partial charge in [-0.2, -0.15) is 0 Å². The highest BCUT2D eigenvalue weighted by molar-refractivity contribution is 6.18. The van der Waals surface area contributed by atoms with Gasteiger partial charge in [0.15, 0.2) is 0 Å². The molecule has 1 aliphatic rings. The van der Waals surface area contributed by atoms with E-state index in [1.165, 1.54) is 0 Å². The zero-order chi connectivity index (χ0) is 8.65. The van der Waals surface area contributed by atoms with Crippen molar-refractivity contribution in [2.45, 2.75) is 6.42 Å². The van der Waals surface area contributed by atoms with Gasteiger partial charge in [0.25, 0.3) is 0 Å². The van der Waals surface area contributed by atoms with Crippen LogP contribution in [0.5, 0.6) is 0 Å². The molecule has 1 atom stereocenters. The third-order valence-corrected chi connectivity index (χ3v) is 2.03. The van der Waals surface area contributed by atoms with Gasteiger partial charge in [0.05, 0.1) is 19.8 Å². The third-order valence-electron chi connectivity index (χ3n) is 1.85. The maximum atomic E-state index is 5.45. The van der Waals surface area contributed by atoms with E-state index >= 15 is 0 Å². The molecule has 0 aromatic heterocycles. The van der Waals surface area contributed by atoms with Gasteiger partial charge in [-0.15, -0.1) is 11.6 Å². The predicted molar refractivity (Wildman–Crippen MR) is 49.6 cm³/mol. The fourth-order valence-corrected chi connectivity index (χ4v) is 1.27. The quantitative estimate of drug-likeness (QED) is 0.374. The number of ether oxygens (including phenoxy) is 2. The van der Waals surface area contributed by atoms with Crippen molar-refractivity contribution >= 4 is 11.6 Å². The SMILES string of the molecule is ClCC=CCOCC1CCOC1. The molecule has 1 saturated heterocycles.